The molecule has 1 spiro atoms. The van der Waals surface area contributed by atoms with Gasteiger partial charge in [-0.3, -0.25) is 9.59 Å². The number of hydrogen-bond acceptors (Lipinski definition) is 6. The highest BCUT2D eigenvalue weighted by Gasteiger charge is 2.47. The van der Waals surface area contributed by atoms with Gasteiger partial charge in [-0.25, -0.2) is 9.67 Å². The predicted molar refractivity (Wildman–Crippen MR) is 112 cm³/mol. The van der Waals surface area contributed by atoms with E-state index in [9.17, 15) is 9.59 Å². The van der Waals surface area contributed by atoms with Crippen molar-refractivity contribution in [2.45, 2.75) is 25.4 Å². The monoisotopic (exact) mass is 418 g/mol. The molecule has 8 heteroatoms. The fourth-order valence-electron chi connectivity index (χ4n) is 4.35. The number of hydrogen-bond donors (Lipinski definition) is 0. The number of benzene rings is 1. The summed E-state index contributed by atoms with van der Waals surface area (Å²) in [5.41, 5.74) is 1.08. The quantitative estimate of drug-likeness (QED) is 0.650. The van der Waals surface area contributed by atoms with Gasteiger partial charge in [0.05, 0.1) is 43.1 Å². The van der Waals surface area contributed by atoms with Crippen molar-refractivity contribution in [3.8, 4) is 17.3 Å². The highest BCUT2D eigenvalue weighted by Crippen LogP contribution is 2.40. The standard InChI is InChI=1S/C23H22N4O4/c1-15-18(13-25-27(15)21-5-3-4-9-24-21)22(29)26-10-8-23(14-26)12-19(28)17-11-16(30-2)6-7-20(17)31-23/h3-7,9,11,13H,8,10,12,14H2,1-2H3. The Morgan fingerprint density at radius 2 is 2.13 bits per heavy atom. The van der Waals surface area contributed by atoms with Gasteiger partial charge in [-0.05, 0) is 37.3 Å². The maximum Gasteiger partial charge on any atom is 0.257 e. The van der Waals surface area contributed by atoms with Gasteiger partial charge in [-0.1, -0.05) is 6.07 Å². The maximum absolute atomic E-state index is 13.2. The molecule has 0 aliphatic carbocycles. The van der Waals surface area contributed by atoms with E-state index in [1.807, 2.05) is 25.1 Å². The minimum Gasteiger partial charge on any atom is -0.497 e. The number of Topliss-reactive ketones (excluding diaryl/α,β-unsaturated/α-hetero) is 1. The molecule has 4 heterocycles. The molecule has 3 aromatic rings. The highest BCUT2D eigenvalue weighted by molar-refractivity contribution is 6.01. The maximum atomic E-state index is 13.2. The topological polar surface area (TPSA) is 86.6 Å². The Balaban J connectivity index is 1.37. The number of nitrogens with zero attached hydrogens (tertiary/aromatic N) is 4. The molecule has 2 aromatic heterocycles. The SMILES string of the molecule is COc1ccc2c(c1)C(=O)CC1(CCN(C(=O)c3cnn(-c4ccccn4)c3C)C1)O2. The molecule has 8 nitrogen and oxygen atoms in total. The van der Waals surface area contributed by atoms with E-state index in [1.54, 1.807) is 47.3 Å². The number of pyridine rings is 1. The number of carbonyl (C=O) groups excluding carboxylic acids is 2. The Bertz CT molecular complexity index is 1170. The van der Waals surface area contributed by atoms with Crippen molar-refractivity contribution < 1.29 is 19.1 Å². The van der Waals surface area contributed by atoms with Crippen LogP contribution in [0.15, 0.2) is 48.8 Å². The first-order valence-corrected chi connectivity index (χ1v) is 10.2. The number of aromatic nitrogens is 3. The van der Waals surface area contributed by atoms with E-state index in [0.29, 0.717) is 48.0 Å². The molecule has 2 aliphatic rings. The minimum absolute atomic E-state index is 0.00796. The van der Waals surface area contributed by atoms with Crippen LogP contribution < -0.4 is 9.47 Å². The summed E-state index contributed by atoms with van der Waals surface area (Å²) in [5.74, 6) is 1.72. The molecule has 1 amide bonds. The predicted octanol–water partition coefficient (Wildman–Crippen LogP) is 2.83. The average molecular weight is 418 g/mol. The number of amides is 1. The number of ketones is 1. The molecule has 1 unspecified atom stereocenters. The molecule has 0 saturated carbocycles. The number of methoxy groups -OCH3 is 1. The Morgan fingerprint density at radius 3 is 2.90 bits per heavy atom. The van der Waals surface area contributed by atoms with Crippen molar-refractivity contribution in [2.24, 2.45) is 0 Å². The average Bonchev–Trinajstić information content (AvgIpc) is 3.37. The number of ether oxygens (including phenoxy) is 2. The molecule has 1 aromatic carbocycles. The second-order valence-electron chi connectivity index (χ2n) is 7.97. The lowest BCUT2D eigenvalue weighted by molar-refractivity contribution is 0.0427. The largest absolute Gasteiger partial charge is 0.497 e. The van der Waals surface area contributed by atoms with E-state index in [0.717, 1.165) is 5.69 Å². The molecule has 0 bridgehead atoms. The van der Waals surface area contributed by atoms with Crippen molar-refractivity contribution in [3.63, 3.8) is 0 Å². The van der Waals surface area contributed by atoms with E-state index in [4.69, 9.17) is 9.47 Å². The molecule has 158 valence electrons. The highest BCUT2D eigenvalue weighted by atomic mass is 16.5. The Kier molecular flexibility index (Phi) is 4.50. The van der Waals surface area contributed by atoms with Crippen molar-refractivity contribution >= 4 is 11.7 Å². The summed E-state index contributed by atoms with van der Waals surface area (Å²) in [7, 11) is 1.57. The zero-order valence-electron chi connectivity index (χ0n) is 17.4. The van der Waals surface area contributed by atoms with Crippen LogP contribution in [-0.2, 0) is 0 Å². The number of carbonyl (C=O) groups is 2. The third-order valence-electron chi connectivity index (χ3n) is 6.01. The van der Waals surface area contributed by atoms with Crippen LogP contribution in [0.4, 0.5) is 0 Å². The van der Waals surface area contributed by atoms with Gasteiger partial charge in [-0.2, -0.15) is 5.10 Å². The van der Waals surface area contributed by atoms with Gasteiger partial charge < -0.3 is 14.4 Å². The fraction of sp³-hybridized carbons (Fsp3) is 0.304. The Hall–Kier alpha value is -3.68. The second kappa shape index (κ2) is 7.23. The molecular weight excluding hydrogens is 396 g/mol. The van der Waals surface area contributed by atoms with Gasteiger partial charge in [0.25, 0.3) is 5.91 Å². The number of rotatable bonds is 3. The van der Waals surface area contributed by atoms with E-state index in [2.05, 4.69) is 10.1 Å². The molecule has 31 heavy (non-hydrogen) atoms. The Labute approximate surface area is 179 Å². The van der Waals surface area contributed by atoms with Crippen LogP contribution in [0.5, 0.6) is 11.5 Å². The summed E-state index contributed by atoms with van der Waals surface area (Å²) >= 11 is 0. The second-order valence-corrected chi connectivity index (χ2v) is 7.97. The summed E-state index contributed by atoms with van der Waals surface area (Å²) in [4.78, 5) is 32.1. The summed E-state index contributed by atoms with van der Waals surface area (Å²) in [6.07, 6.45) is 4.10. The molecular formula is C23H22N4O4. The Morgan fingerprint density at radius 1 is 1.26 bits per heavy atom. The van der Waals surface area contributed by atoms with Gasteiger partial charge in [0, 0.05) is 19.2 Å². The van der Waals surface area contributed by atoms with Crippen LogP contribution in [0.1, 0.15) is 39.3 Å². The van der Waals surface area contributed by atoms with Crippen molar-refractivity contribution in [3.05, 3.63) is 65.6 Å². The van der Waals surface area contributed by atoms with Gasteiger partial charge in [0.2, 0.25) is 0 Å². The first-order valence-electron chi connectivity index (χ1n) is 10.2. The lowest BCUT2D eigenvalue weighted by Crippen LogP contribution is -2.45. The van der Waals surface area contributed by atoms with Crippen molar-refractivity contribution in [1.82, 2.24) is 19.7 Å². The summed E-state index contributed by atoms with van der Waals surface area (Å²) in [6, 6.07) is 10.8. The molecule has 0 radical (unpaired) electrons. The van der Waals surface area contributed by atoms with E-state index in [-0.39, 0.29) is 18.1 Å². The summed E-state index contributed by atoms with van der Waals surface area (Å²) < 4.78 is 13.1. The third-order valence-corrected chi connectivity index (χ3v) is 6.01. The fourth-order valence-corrected chi connectivity index (χ4v) is 4.35. The molecule has 1 saturated heterocycles. The molecule has 2 aliphatic heterocycles. The summed E-state index contributed by atoms with van der Waals surface area (Å²) in [5, 5.41) is 4.35. The van der Waals surface area contributed by atoms with Crippen molar-refractivity contribution in [2.75, 3.05) is 20.2 Å². The first kappa shape index (κ1) is 19.3. The van der Waals surface area contributed by atoms with Gasteiger partial charge in [0.15, 0.2) is 11.6 Å². The lowest BCUT2D eigenvalue weighted by atomic mass is 9.89. The van der Waals surface area contributed by atoms with E-state index in [1.165, 1.54) is 0 Å². The number of fused-ring (bicyclic) bond motifs is 1. The van der Waals surface area contributed by atoms with Crippen molar-refractivity contribution in [1.29, 1.82) is 0 Å². The van der Waals surface area contributed by atoms with Gasteiger partial charge in [0.1, 0.15) is 17.1 Å². The van der Waals surface area contributed by atoms with E-state index >= 15 is 0 Å². The van der Waals surface area contributed by atoms with Crippen LogP contribution in [-0.4, -0.2) is 57.2 Å². The lowest BCUT2D eigenvalue weighted by Gasteiger charge is -2.34. The van der Waals surface area contributed by atoms with Crippen LogP contribution >= 0.6 is 0 Å². The molecule has 1 atom stereocenters. The zero-order chi connectivity index (χ0) is 21.6. The van der Waals surface area contributed by atoms with Crippen LogP contribution in [0.3, 0.4) is 0 Å². The molecule has 1 fully saturated rings. The van der Waals surface area contributed by atoms with Gasteiger partial charge >= 0.3 is 0 Å². The minimum atomic E-state index is -0.695. The van der Waals surface area contributed by atoms with Crippen LogP contribution in [0.2, 0.25) is 0 Å². The zero-order valence-corrected chi connectivity index (χ0v) is 17.4. The molecule has 5 rings (SSSR count). The van der Waals surface area contributed by atoms with Crippen LogP contribution in [0.25, 0.3) is 5.82 Å². The normalized spacial score (nSPS) is 19.9. The first-order chi connectivity index (χ1) is 15.0. The summed E-state index contributed by atoms with van der Waals surface area (Å²) in [6.45, 7) is 2.73. The molecule has 0 N–H and O–H groups in total. The van der Waals surface area contributed by atoms with Gasteiger partial charge in [-0.15, -0.1) is 0 Å². The smallest absolute Gasteiger partial charge is 0.257 e. The van der Waals surface area contributed by atoms with Crippen LogP contribution in [0, 0.1) is 6.92 Å². The van der Waals surface area contributed by atoms with E-state index < -0.39 is 5.60 Å². The third kappa shape index (κ3) is 3.24. The number of likely N-dealkylation sites (tertiary alicyclic amines) is 1.